The normalized spacial score (nSPS) is 10.6. The largest absolute Gasteiger partial charge is 0.506 e. The summed E-state index contributed by atoms with van der Waals surface area (Å²) in [5, 5.41) is 9.53. The molecule has 88 valence electrons. The number of hydrogen-bond acceptors (Lipinski definition) is 4. The quantitative estimate of drug-likeness (QED) is 0.805. The van der Waals surface area contributed by atoms with E-state index >= 15 is 0 Å². The van der Waals surface area contributed by atoms with Crippen molar-refractivity contribution in [1.29, 1.82) is 0 Å². The number of aromatic hydroxyl groups is 1. The minimum Gasteiger partial charge on any atom is -0.506 e. The van der Waals surface area contributed by atoms with E-state index < -0.39 is 18.1 Å². The first-order chi connectivity index (χ1) is 7.45. The van der Waals surface area contributed by atoms with Crippen LogP contribution in [0.5, 0.6) is 5.75 Å². The summed E-state index contributed by atoms with van der Waals surface area (Å²) in [6, 6.07) is 1.00. The molecule has 0 fully saturated rings. The van der Waals surface area contributed by atoms with Gasteiger partial charge < -0.3 is 9.84 Å². The lowest BCUT2D eigenvalue weighted by Crippen LogP contribution is -2.07. The SMILES string of the molecule is COC(=O)Cc1cc(C(F)F)nc(C)c1O. The van der Waals surface area contributed by atoms with Gasteiger partial charge in [-0.25, -0.2) is 13.8 Å². The van der Waals surface area contributed by atoms with Gasteiger partial charge in [0.2, 0.25) is 0 Å². The van der Waals surface area contributed by atoms with Crippen molar-refractivity contribution in [1.82, 2.24) is 4.98 Å². The van der Waals surface area contributed by atoms with Crippen LogP contribution < -0.4 is 0 Å². The summed E-state index contributed by atoms with van der Waals surface area (Å²) >= 11 is 0. The van der Waals surface area contributed by atoms with Crippen LogP contribution in [0, 0.1) is 6.92 Å². The molecule has 1 N–H and O–H groups in total. The fourth-order valence-corrected chi connectivity index (χ4v) is 1.23. The Bertz CT molecular complexity index is 407. The van der Waals surface area contributed by atoms with Gasteiger partial charge in [0.05, 0.1) is 19.2 Å². The molecule has 4 nitrogen and oxygen atoms in total. The molecular weight excluding hydrogens is 220 g/mol. The summed E-state index contributed by atoms with van der Waals surface area (Å²) in [7, 11) is 1.18. The number of carbonyl (C=O) groups excluding carboxylic acids is 1. The number of alkyl halides is 2. The van der Waals surface area contributed by atoms with Crippen LogP contribution in [0.3, 0.4) is 0 Å². The van der Waals surface area contributed by atoms with Crippen LogP contribution in [0.25, 0.3) is 0 Å². The number of hydrogen-bond donors (Lipinski definition) is 1. The third-order valence-corrected chi connectivity index (χ3v) is 2.05. The van der Waals surface area contributed by atoms with E-state index in [4.69, 9.17) is 0 Å². The summed E-state index contributed by atoms with van der Waals surface area (Å²) in [6.07, 6.45) is -3.00. The second kappa shape index (κ2) is 4.87. The van der Waals surface area contributed by atoms with Crippen LogP contribution >= 0.6 is 0 Å². The van der Waals surface area contributed by atoms with Gasteiger partial charge in [-0.3, -0.25) is 4.79 Å². The summed E-state index contributed by atoms with van der Waals surface area (Å²) in [5.41, 5.74) is -0.305. The molecule has 0 saturated heterocycles. The zero-order chi connectivity index (χ0) is 12.3. The number of methoxy groups -OCH3 is 1. The maximum Gasteiger partial charge on any atom is 0.310 e. The molecule has 0 aliphatic heterocycles. The van der Waals surface area contributed by atoms with Gasteiger partial charge >= 0.3 is 5.97 Å². The Kier molecular flexibility index (Phi) is 3.76. The monoisotopic (exact) mass is 231 g/mol. The zero-order valence-corrected chi connectivity index (χ0v) is 8.83. The number of carbonyl (C=O) groups is 1. The van der Waals surface area contributed by atoms with Crippen molar-refractivity contribution in [2.45, 2.75) is 19.8 Å². The Balaban J connectivity index is 3.11. The first-order valence-electron chi connectivity index (χ1n) is 4.50. The van der Waals surface area contributed by atoms with Crippen LogP contribution in [0.2, 0.25) is 0 Å². The Morgan fingerprint density at radius 3 is 2.75 bits per heavy atom. The third-order valence-electron chi connectivity index (χ3n) is 2.05. The summed E-state index contributed by atoms with van der Waals surface area (Å²) in [5.74, 6) is -0.865. The highest BCUT2D eigenvalue weighted by Crippen LogP contribution is 2.26. The molecule has 1 aromatic rings. The molecule has 0 unspecified atom stereocenters. The molecule has 0 aliphatic rings. The van der Waals surface area contributed by atoms with Crippen LogP contribution in [0.4, 0.5) is 8.78 Å². The predicted molar refractivity (Wildman–Crippen MR) is 51.3 cm³/mol. The second-order valence-electron chi connectivity index (χ2n) is 3.19. The number of pyridine rings is 1. The van der Waals surface area contributed by atoms with Gasteiger partial charge in [0, 0.05) is 5.56 Å². The van der Waals surface area contributed by atoms with Crippen molar-refractivity contribution in [3.05, 3.63) is 23.0 Å². The van der Waals surface area contributed by atoms with E-state index in [1.54, 1.807) is 0 Å². The molecule has 6 heteroatoms. The van der Waals surface area contributed by atoms with Gasteiger partial charge in [-0.15, -0.1) is 0 Å². The van der Waals surface area contributed by atoms with Gasteiger partial charge in [0.1, 0.15) is 11.4 Å². The van der Waals surface area contributed by atoms with Gasteiger partial charge in [-0.2, -0.15) is 0 Å². The average molecular weight is 231 g/mol. The number of esters is 1. The number of halogens is 2. The lowest BCUT2D eigenvalue weighted by atomic mass is 10.1. The molecule has 1 heterocycles. The average Bonchev–Trinajstić information content (AvgIpc) is 2.23. The molecule has 0 aliphatic carbocycles. The maximum absolute atomic E-state index is 12.4. The van der Waals surface area contributed by atoms with Crippen molar-refractivity contribution < 1.29 is 23.4 Å². The predicted octanol–water partition coefficient (Wildman–Crippen LogP) is 1.75. The molecule has 0 bridgehead atoms. The lowest BCUT2D eigenvalue weighted by molar-refractivity contribution is -0.139. The molecular formula is C10H11F2NO3. The van der Waals surface area contributed by atoms with E-state index in [2.05, 4.69) is 9.72 Å². The van der Waals surface area contributed by atoms with Crippen LogP contribution in [-0.4, -0.2) is 23.2 Å². The lowest BCUT2D eigenvalue weighted by Gasteiger charge is -2.08. The van der Waals surface area contributed by atoms with E-state index in [0.717, 1.165) is 6.07 Å². The second-order valence-corrected chi connectivity index (χ2v) is 3.19. The summed E-state index contributed by atoms with van der Waals surface area (Å²) < 4.78 is 29.2. The molecule has 1 rings (SSSR count). The van der Waals surface area contributed by atoms with Gasteiger partial charge in [-0.05, 0) is 13.0 Å². The van der Waals surface area contributed by atoms with Crippen LogP contribution in [-0.2, 0) is 16.0 Å². The van der Waals surface area contributed by atoms with Gasteiger partial charge in [0.15, 0.2) is 0 Å². The Morgan fingerprint density at radius 2 is 2.25 bits per heavy atom. The highest BCUT2D eigenvalue weighted by Gasteiger charge is 2.17. The van der Waals surface area contributed by atoms with E-state index in [0.29, 0.717) is 0 Å². The molecule has 0 radical (unpaired) electrons. The fraction of sp³-hybridized carbons (Fsp3) is 0.400. The van der Waals surface area contributed by atoms with Crippen molar-refractivity contribution >= 4 is 5.97 Å². The van der Waals surface area contributed by atoms with Crippen LogP contribution in [0.1, 0.15) is 23.4 Å². The number of ether oxygens (including phenoxy) is 1. The fourth-order valence-electron chi connectivity index (χ4n) is 1.23. The highest BCUT2D eigenvalue weighted by atomic mass is 19.3. The van der Waals surface area contributed by atoms with Gasteiger partial charge in [0.25, 0.3) is 6.43 Å². The van der Waals surface area contributed by atoms with Crippen molar-refractivity contribution in [3.63, 3.8) is 0 Å². The topological polar surface area (TPSA) is 59.4 Å². The summed E-state index contributed by atoms with van der Waals surface area (Å²) in [6.45, 7) is 1.39. The molecule has 0 atom stereocenters. The number of aromatic nitrogens is 1. The third kappa shape index (κ3) is 2.65. The smallest absolute Gasteiger partial charge is 0.310 e. The Morgan fingerprint density at radius 1 is 1.62 bits per heavy atom. The summed E-state index contributed by atoms with van der Waals surface area (Å²) in [4.78, 5) is 14.5. The molecule has 16 heavy (non-hydrogen) atoms. The first kappa shape index (κ1) is 12.4. The highest BCUT2D eigenvalue weighted by molar-refractivity contribution is 5.73. The van der Waals surface area contributed by atoms with Crippen molar-refractivity contribution in [3.8, 4) is 5.75 Å². The van der Waals surface area contributed by atoms with E-state index in [1.807, 2.05) is 0 Å². The number of nitrogens with zero attached hydrogens (tertiary/aromatic N) is 1. The van der Waals surface area contributed by atoms with Crippen molar-refractivity contribution in [2.75, 3.05) is 7.11 Å². The Labute approximate surface area is 90.9 Å². The molecule has 0 saturated carbocycles. The van der Waals surface area contributed by atoms with Gasteiger partial charge in [-0.1, -0.05) is 0 Å². The Hall–Kier alpha value is -1.72. The minimum absolute atomic E-state index is 0.0664. The number of aryl methyl sites for hydroxylation is 1. The van der Waals surface area contributed by atoms with Crippen molar-refractivity contribution in [2.24, 2.45) is 0 Å². The standard InChI is InChI=1S/C10H11F2NO3/c1-5-9(15)6(4-8(14)16-2)3-7(13-5)10(11)12/h3,10,15H,4H2,1-2H3. The molecule has 0 spiro atoms. The van der Waals surface area contributed by atoms with Crippen LogP contribution in [0.15, 0.2) is 6.07 Å². The maximum atomic E-state index is 12.4. The minimum atomic E-state index is -2.74. The zero-order valence-electron chi connectivity index (χ0n) is 8.83. The first-order valence-corrected chi connectivity index (χ1v) is 4.50. The molecule has 1 aromatic heterocycles. The molecule has 0 amide bonds. The molecule has 0 aromatic carbocycles. The van der Waals surface area contributed by atoms with E-state index in [9.17, 15) is 18.7 Å². The van der Waals surface area contributed by atoms with E-state index in [-0.39, 0.29) is 23.4 Å². The van der Waals surface area contributed by atoms with E-state index in [1.165, 1.54) is 14.0 Å². The number of rotatable bonds is 3.